The molecule has 0 saturated heterocycles. The lowest BCUT2D eigenvalue weighted by Crippen LogP contribution is -2.57. The molecule has 0 aliphatic carbocycles. The van der Waals surface area contributed by atoms with Crippen LogP contribution in [0.5, 0.6) is 5.75 Å². The zero-order valence-corrected chi connectivity index (χ0v) is 16.9. The third kappa shape index (κ3) is 3.59. The molecule has 1 atom stereocenters. The van der Waals surface area contributed by atoms with E-state index in [1.807, 2.05) is 12.2 Å². The number of fused-ring (bicyclic) bond motifs is 4. The number of hydrogen-bond donors (Lipinski definition) is 2. The number of carbonyl (C=O) groups excluding carboxylic acids is 2. The number of aromatic hydroxyl groups is 1. The molecule has 2 aliphatic heterocycles. The minimum atomic E-state index is -1.19. The van der Waals surface area contributed by atoms with E-state index in [1.165, 1.54) is 9.58 Å². The molecule has 168 valence electrons. The molecule has 1 aromatic heterocycles. The Balaban J connectivity index is 1.68. The Morgan fingerprint density at radius 1 is 1.22 bits per heavy atom. The molecule has 2 amide bonds. The van der Waals surface area contributed by atoms with Gasteiger partial charge in [0.15, 0.2) is 11.4 Å². The summed E-state index contributed by atoms with van der Waals surface area (Å²) < 4.78 is 42.0. The van der Waals surface area contributed by atoms with Gasteiger partial charge in [-0.25, -0.2) is 13.2 Å². The van der Waals surface area contributed by atoms with E-state index in [-0.39, 0.29) is 18.4 Å². The molecule has 3 heterocycles. The van der Waals surface area contributed by atoms with Gasteiger partial charge in [-0.2, -0.15) is 0 Å². The van der Waals surface area contributed by atoms with Crippen molar-refractivity contribution < 1.29 is 27.9 Å². The van der Waals surface area contributed by atoms with Crippen LogP contribution in [0.4, 0.5) is 13.2 Å². The molecule has 0 saturated carbocycles. The lowest BCUT2D eigenvalue weighted by atomic mass is 10.1. The lowest BCUT2D eigenvalue weighted by Gasteiger charge is -2.42. The summed E-state index contributed by atoms with van der Waals surface area (Å²) >= 11 is 0. The summed E-state index contributed by atoms with van der Waals surface area (Å²) in [6, 6.07) is 0.676. The van der Waals surface area contributed by atoms with Gasteiger partial charge in [-0.3, -0.25) is 24.1 Å². The number of nitrogens with zero attached hydrogens (tertiary/aromatic N) is 3. The highest BCUT2D eigenvalue weighted by Crippen LogP contribution is 2.24. The number of rotatable bonds is 3. The maximum Gasteiger partial charge on any atom is 0.278 e. The van der Waals surface area contributed by atoms with Crippen LogP contribution in [0.2, 0.25) is 0 Å². The largest absolute Gasteiger partial charge is 0.502 e. The van der Waals surface area contributed by atoms with Gasteiger partial charge in [0.2, 0.25) is 5.43 Å². The van der Waals surface area contributed by atoms with Crippen molar-refractivity contribution in [1.82, 2.24) is 14.9 Å². The van der Waals surface area contributed by atoms with E-state index in [1.54, 1.807) is 11.9 Å². The van der Waals surface area contributed by atoms with Gasteiger partial charge >= 0.3 is 0 Å². The summed E-state index contributed by atoms with van der Waals surface area (Å²) in [7, 11) is 0. The highest BCUT2D eigenvalue weighted by molar-refractivity contribution is 5.99. The van der Waals surface area contributed by atoms with Crippen LogP contribution in [0, 0.1) is 17.5 Å². The van der Waals surface area contributed by atoms with Crippen molar-refractivity contribution in [2.75, 3.05) is 18.2 Å². The van der Waals surface area contributed by atoms with Crippen LogP contribution >= 0.6 is 0 Å². The monoisotopic (exact) mass is 448 g/mol. The molecule has 32 heavy (non-hydrogen) atoms. The normalized spacial score (nSPS) is 18.6. The SMILES string of the molecule is CC1/C=C\CCN2CN1C(=O)c1c(O)c(=O)c(C(=O)NCc3c(F)cc(F)cc3F)cn12. The minimum absolute atomic E-state index is 0.173. The van der Waals surface area contributed by atoms with Crippen molar-refractivity contribution >= 4 is 11.8 Å². The van der Waals surface area contributed by atoms with Crippen molar-refractivity contribution in [1.29, 1.82) is 0 Å². The molecule has 11 heteroatoms. The molecular weight excluding hydrogens is 429 g/mol. The molecular formula is C21H19F3N4O4. The molecule has 2 aliphatic rings. The van der Waals surface area contributed by atoms with Crippen LogP contribution in [0.25, 0.3) is 0 Å². The number of hydrogen-bond acceptors (Lipinski definition) is 5. The van der Waals surface area contributed by atoms with Gasteiger partial charge < -0.3 is 15.3 Å². The van der Waals surface area contributed by atoms with E-state index in [9.17, 15) is 32.7 Å². The van der Waals surface area contributed by atoms with Crippen LogP contribution in [0.3, 0.4) is 0 Å². The summed E-state index contributed by atoms with van der Waals surface area (Å²) in [5.74, 6) is -5.98. The van der Waals surface area contributed by atoms with Gasteiger partial charge in [0, 0.05) is 43.0 Å². The summed E-state index contributed by atoms with van der Waals surface area (Å²) in [5.41, 5.74) is -2.46. The fourth-order valence-corrected chi connectivity index (χ4v) is 3.74. The molecule has 4 rings (SSSR count). The Kier molecular flexibility index (Phi) is 5.41. The maximum atomic E-state index is 13.8. The Morgan fingerprint density at radius 2 is 1.91 bits per heavy atom. The first-order chi connectivity index (χ1) is 15.2. The zero-order chi connectivity index (χ0) is 23.2. The summed E-state index contributed by atoms with van der Waals surface area (Å²) in [6.45, 7) is 1.76. The zero-order valence-electron chi connectivity index (χ0n) is 16.9. The quantitative estimate of drug-likeness (QED) is 0.696. The predicted molar refractivity (Wildman–Crippen MR) is 107 cm³/mol. The fraction of sp³-hybridized carbons (Fsp3) is 0.286. The Morgan fingerprint density at radius 3 is 2.59 bits per heavy atom. The van der Waals surface area contributed by atoms with Crippen molar-refractivity contribution in [3.05, 3.63) is 75.0 Å². The Hall–Kier alpha value is -3.76. The topological polar surface area (TPSA) is 94.9 Å². The molecule has 2 N–H and O–H groups in total. The van der Waals surface area contributed by atoms with E-state index in [0.29, 0.717) is 25.1 Å². The van der Waals surface area contributed by atoms with Crippen molar-refractivity contribution in [3.8, 4) is 5.75 Å². The molecule has 0 spiro atoms. The number of carbonyl (C=O) groups is 2. The Bertz CT molecular complexity index is 1190. The highest BCUT2D eigenvalue weighted by Gasteiger charge is 2.36. The summed E-state index contributed by atoms with van der Waals surface area (Å²) in [4.78, 5) is 39.6. The average molecular weight is 448 g/mol. The smallest absolute Gasteiger partial charge is 0.278 e. The van der Waals surface area contributed by atoms with Gasteiger partial charge in [0.25, 0.3) is 11.8 Å². The average Bonchev–Trinajstić information content (AvgIpc) is 2.71. The number of aromatic nitrogens is 1. The standard InChI is InChI=1S/C21H19F3N4O4/c1-11-4-2-3-5-26-10-27(11)21(32)17-19(30)18(29)14(9-28(17)26)20(31)25-8-13-15(23)6-12(22)7-16(13)24/h2,4,6-7,9,11,30H,3,5,8,10H2,1H3,(H,25,31)/b4-2-. The fourth-order valence-electron chi connectivity index (χ4n) is 3.74. The Labute approximate surface area is 180 Å². The van der Waals surface area contributed by atoms with Gasteiger partial charge in [-0.1, -0.05) is 12.2 Å². The third-order valence-corrected chi connectivity index (χ3v) is 5.48. The molecule has 8 nitrogen and oxygen atoms in total. The van der Waals surface area contributed by atoms with Crippen molar-refractivity contribution in [3.63, 3.8) is 0 Å². The van der Waals surface area contributed by atoms with Crippen LogP contribution in [-0.2, 0) is 6.54 Å². The van der Waals surface area contributed by atoms with Crippen LogP contribution in [-0.4, -0.2) is 45.8 Å². The lowest BCUT2D eigenvalue weighted by molar-refractivity contribution is 0.0646. The first kappa shape index (κ1) is 21.5. The summed E-state index contributed by atoms with van der Waals surface area (Å²) in [5, 5.41) is 14.4. The number of amides is 2. The molecule has 2 aromatic rings. The first-order valence-corrected chi connectivity index (χ1v) is 9.82. The second-order valence-corrected chi connectivity index (χ2v) is 7.55. The van der Waals surface area contributed by atoms with E-state index in [2.05, 4.69) is 5.32 Å². The van der Waals surface area contributed by atoms with E-state index in [4.69, 9.17) is 0 Å². The van der Waals surface area contributed by atoms with Crippen LogP contribution in [0.15, 0.2) is 35.3 Å². The molecule has 0 fully saturated rings. The van der Waals surface area contributed by atoms with Gasteiger partial charge in [0.1, 0.15) is 29.7 Å². The van der Waals surface area contributed by atoms with E-state index >= 15 is 0 Å². The molecule has 1 aromatic carbocycles. The highest BCUT2D eigenvalue weighted by atomic mass is 19.1. The summed E-state index contributed by atoms with van der Waals surface area (Å²) in [6.07, 6.45) is 5.51. The maximum absolute atomic E-state index is 13.8. The number of halogens is 3. The van der Waals surface area contributed by atoms with Gasteiger partial charge in [-0.05, 0) is 13.3 Å². The van der Waals surface area contributed by atoms with E-state index in [0.717, 1.165) is 6.20 Å². The van der Waals surface area contributed by atoms with Crippen molar-refractivity contribution in [2.24, 2.45) is 0 Å². The van der Waals surface area contributed by atoms with Crippen LogP contribution < -0.4 is 15.8 Å². The molecule has 2 bridgehead atoms. The van der Waals surface area contributed by atoms with Crippen LogP contribution in [0.1, 0.15) is 39.8 Å². The number of nitrogens with one attached hydrogen (secondary N) is 1. The minimum Gasteiger partial charge on any atom is -0.502 e. The first-order valence-electron chi connectivity index (χ1n) is 9.82. The van der Waals surface area contributed by atoms with Crippen molar-refractivity contribution in [2.45, 2.75) is 25.9 Å². The second-order valence-electron chi connectivity index (χ2n) is 7.55. The second kappa shape index (κ2) is 8.06. The third-order valence-electron chi connectivity index (χ3n) is 5.48. The molecule has 1 unspecified atom stereocenters. The van der Waals surface area contributed by atoms with Gasteiger partial charge in [0.05, 0.1) is 0 Å². The molecule has 0 radical (unpaired) electrons. The number of benzene rings is 1. The van der Waals surface area contributed by atoms with E-state index < -0.39 is 58.1 Å². The number of pyridine rings is 1. The van der Waals surface area contributed by atoms with Gasteiger partial charge in [-0.15, -0.1) is 0 Å². The predicted octanol–water partition coefficient (Wildman–Crippen LogP) is 1.60.